The van der Waals surface area contributed by atoms with E-state index in [1.54, 1.807) is 6.20 Å². The fourth-order valence-electron chi connectivity index (χ4n) is 4.91. The van der Waals surface area contributed by atoms with Crippen LogP contribution in [0, 0.1) is 19.8 Å². The highest BCUT2D eigenvalue weighted by Crippen LogP contribution is 2.38. The van der Waals surface area contributed by atoms with Crippen molar-refractivity contribution in [2.24, 2.45) is 5.92 Å². The predicted octanol–water partition coefficient (Wildman–Crippen LogP) is 4.26. The summed E-state index contributed by atoms with van der Waals surface area (Å²) in [4.78, 5) is 29.4. The van der Waals surface area contributed by atoms with Crippen molar-refractivity contribution in [3.8, 4) is 11.3 Å². The quantitative estimate of drug-likeness (QED) is 0.692. The number of nitrogens with zero attached hydrogens (tertiary/aromatic N) is 4. The average Bonchev–Trinajstić information content (AvgIpc) is 2.81. The number of piperidine rings is 2. The summed E-state index contributed by atoms with van der Waals surface area (Å²) in [6, 6.07) is 14.1. The Morgan fingerprint density at radius 1 is 1.06 bits per heavy atom. The first kappa shape index (κ1) is 19.7. The number of carbonyl (C=O) groups is 1. The Bertz CT molecular complexity index is 1080. The zero-order valence-electron chi connectivity index (χ0n) is 18.0. The van der Waals surface area contributed by atoms with E-state index in [-0.39, 0.29) is 18.0 Å². The van der Waals surface area contributed by atoms with Gasteiger partial charge in [-0.25, -0.2) is 9.97 Å². The second kappa shape index (κ2) is 8.10. The first-order valence-electron chi connectivity index (χ1n) is 11.0. The molecule has 3 aromatic rings. The van der Waals surface area contributed by atoms with E-state index < -0.39 is 0 Å². The summed E-state index contributed by atoms with van der Waals surface area (Å²) in [5.41, 5.74) is 4.05. The molecule has 5 heterocycles. The number of rotatable bonds is 4. The van der Waals surface area contributed by atoms with Crippen LogP contribution in [0.3, 0.4) is 0 Å². The largest absolute Gasteiger partial charge is 0.365 e. The maximum absolute atomic E-state index is 13.8. The molecule has 3 unspecified atom stereocenters. The van der Waals surface area contributed by atoms with Gasteiger partial charge in [-0.05, 0) is 74.9 Å². The minimum Gasteiger partial charge on any atom is -0.365 e. The van der Waals surface area contributed by atoms with E-state index in [4.69, 9.17) is 0 Å². The van der Waals surface area contributed by atoms with Crippen LogP contribution in [-0.4, -0.2) is 44.4 Å². The molecule has 3 aliphatic rings. The molecule has 31 heavy (non-hydrogen) atoms. The topological polar surface area (TPSA) is 71.0 Å². The van der Waals surface area contributed by atoms with Gasteiger partial charge in [0.05, 0.1) is 11.7 Å². The van der Waals surface area contributed by atoms with Gasteiger partial charge in [-0.2, -0.15) is 0 Å². The normalized spacial score (nSPS) is 22.4. The standard InChI is InChI=1S/C25H27N5O/c1-16-6-11-23(27-14-16)29-21-13-18-8-10-22(21)30(15-18)25(31)24-19(9-7-17(2)28-24)20-5-3-4-12-26-20/h3-7,9,11-12,14,18,21-22H,8,10,13,15H2,1-2H3,(H,27,29). The summed E-state index contributed by atoms with van der Waals surface area (Å²) in [7, 11) is 0. The van der Waals surface area contributed by atoms with Crippen molar-refractivity contribution < 1.29 is 4.79 Å². The Morgan fingerprint density at radius 3 is 2.71 bits per heavy atom. The Hall–Kier alpha value is -3.28. The van der Waals surface area contributed by atoms with Gasteiger partial charge in [-0.1, -0.05) is 12.1 Å². The van der Waals surface area contributed by atoms with Gasteiger partial charge in [0.15, 0.2) is 0 Å². The minimum absolute atomic E-state index is 0.00224. The first-order valence-corrected chi connectivity index (χ1v) is 11.0. The smallest absolute Gasteiger partial charge is 0.273 e. The van der Waals surface area contributed by atoms with E-state index in [0.29, 0.717) is 11.6 Å². The molecule has 6 nitrogen and oxygen atoms in total. The number of fused-ring (bicyclic) bond motifs is 3. The van der Waals surface area contributed by atoms with E-state index in [1.807, 2.05) is 61.3 Å². The highest BCUT2D eigenvalue weighted by Gasteiger charge is 2.43. The Morgan fingerprint density at radius 2 is 1.97 bits per heavy atom. The lowest BCUT2D eigenvalue weighted by molar-refractivity contribution is 0.0277. The highest BCUT2D eigenvalue weighted by molar-refractivity contribution is 5.99. The number of pyridine rings is 3. The predicted molar refractivity (Wildman–Crippen MR) is 121 cm³/mol. The van der Waals surface area contributed by atoms with Crippen molar-refractivity contribution in [3.05, 3.63) is 71.8 Å². The van der Waals surface area contributed by atoms with Crippen LogP contribution < -0.4 is 5.32 Å². The molecule has 2 bridgehead atoms. The van der Waals surface area contributed by atoms with Crippen molar-refractivity contribution >= 4 is 11.7 Å². The zero-order chi connectivity index (χ0) is 21.4. The number of carbonyl (C=O) groups excluding carboxylic acids is 1. The summed E-state index contributed by atoms with van der Waals surface area (Å²) < 4.78 is 0. The lowest BCUT2D eigenvalue weighted by Gasteiger charge is -2.50. The molecule has 6 rings (SSSR count). The zero-order valence-corrected chi connectivity index (χ0v) is 18.0. The number of aryl methyl sites for hydroxylation is 2. The lowest BCUT2D eigenvalue weighted by atomic mass is 9.76. The SMILES string of the molecule is Cc1ccc(NC2CC3CCC2N(C(=O)c2nc(C)ccc2-c2ccccn2)C3)nc1. The number of anilines is 1. The molecule has 6 heteroatoms. The lowest BCUT2D eigenvalue weighted by Crippen LogP contribution is -2.60. The Kier molecular flexibility index (Phi) is 5.14. The van der Waals surface area contributed by atoms with E-state index >= 15 is 0 Å². The summed E-state index contributed by atoms with van der Waals surface area (Å²) in [5.74, 6) is 1.38. The van der Waals surface area contributed by atoms with Crippen molar-refractivity contribution in [2.45, 2.75) is 45.2 Å². The van der Waals surface area contributed by atoms with Crippen LogP contribution >= 0.6 is 0 Å². The van der Waals surface area contributed by atoms with Crippen LogP contribution in [0.5, 0.6) is 0 Å². The molecule has 0 spiro atoms. The number of hydrogen-bond acceptors (Lipinski definition) is 5. The van der Waals surface area contributed by atoms with Gasteiger partial charge >= 0.3 is 0 Å². The molecule has 0 radical (unpaired) electrons. The van der Waals surface area contributed by atoms with E-state index in [1.165, 1.54) is 6.42 Å². The molecule has 3 fully saturated rings. The molecular weight excluding hydrogens is 386 g/mol. The molecule has 158 valence electrons. The molecule has 3 atom stereocenters. The molecule has 2 saturated heterocycles. The van der Waals surface area contributed by atoms with Gasteiger partial charge in [-0.15, -0.1) is 0 Å². The van der Waals surface area contributed by atoms with Crippen molar-refractivity contribution in [2.75, 3.05) is 11.9 Å². The van der Waals surface area contributed by atoms with Crippen LogP contribution in [0.4, 0.5) is 5.82 Å². The van der Waals surface area contributed by atoms with Gasteiger partial charge in [0.2, 0.25) is 0 Å². The molecular formula is C25H27N5O. The number of aromatic nitrogens is 3. The third kappa shape index (κ3) is 3.90. The maximum Gasteiger partial charge on any atom is 0.273 e. The fourth-order valence-corrected chi connectivity index (χ4v) is 4.91. The first-order chi connectivity index (χ1) is 15.1. The summed E-state index contributed by atoms with van der Waals surface area (Å²) >= 11 is 0. The van der Waals surface area contributed by atoms with E-state index in [2.05, 4.69) is 26.3 Å². The summed E-state index contributed by atoms with van der Waals surface area (Å²) in [6.45, 7) is 4.75. The monoisotopic (exact) mass is 413 g/mol. The Labute approximate surface area is 182 Å². The van der Waals surface area contributed by atoms with Gasteiger partial charge in [0, 0.05) is 36.2 Å². The van der Waals surface area contributed by atoms with Gasteiger partial charge in [0.25, 0.3) is 5.91 Å². The molecule has 0 aromatic carbocycles. The molecule has 1 amide bonds. The molecule has 1 saturated carbocycles. The molecule has 2 aliphatic heterocycles. The molecule has 1 N–H and O–H groups in total. The number of amides is 1. The van der Waals surface area contributed by atoms with Gasteiger partial charge in [-0.3, -0.25) is 9.78 Å². The van der Waals surface area contributed by atoms with Gasteiger partial charge < -0.3 is 10.2 Å². The van der Waals surface area contributed by atoms with Crippen molar-refractivity contribution in [1.82, 2.24) is 19.9 Å². The molecule has 1 aliphatic carbocycles. The number of hydrogen-bond donors (Lipinski definition) is 1. The van der Waals surface area contributed by atoms with Crippen LogP contribution in [0.1, 0.15) is 41.0 Å². The summed E-state index contributed by atoms with van der Waals surface area (Å²) in [6.07, 6.45) is 6.87. The second-order valence-corrected chi connectivity index (χ2v) is 8.74. The third-order valence-corrected chi connectivity index (χ3v) is 6.46. The van der Waals surface area contributed by atoms with E-state index in [9.17, 15) is 4.79 Å². The molecule has 3 aromatic heterocycles. The Balaban J connectivity index is 1.44. The maximum atomic E-state index is 13.8. The van der Waals surface area contributed by atoms with Gasteiger partial charge in [0.1, 0.15) is 11.5 Å². The van der Waals surface area contributed by atoms with Crippen LogP contribution in [-0.2, 0) is 0 Å². The second-order valence-electron chi connectivity index (χ2n) is 8.74. The van der Waals surface area contributed by atoms with Crippen LogP contribution in [0.25, 0.3) is 11.3 Å². The summed E-state index contributed by atoms with van der Waals surface area (Å²) in [5, 5.41) is 3.60. The van der Waals surface area contributed by atoms with Crippen molar-refractivity contribution in [3.63, 3.8) is 0 Å². The van der Waals surface area contributed by atoms with E-state index in [0.717, 1.165) is 47.7 Å². The number of nitrogens with one attached hydrogen (secondary N) is 1. The van der Waals surface area contributed by atoms with Crippen LogP contribution in [0.2, 0.25) is 0 Å². The van der Waals surface area contributed by atoms with Crippen LogP contribution in [0.15, 0.2) is 54.9 Å². The fraction of sp³-hybridized carbons (Fsp3) is 0.360. The highest BCUT2D eigenvalue weighted by atomic mass is 16.2. The third-order valence-electron chi connectivity index (χ3n) is 6.46. The van der Waals surface area contributed by atoms with Crippen molar-refractivity contribution in [1.29, 1.82) is 0 Å². The minimum atomic E-state index is 0.00224. The average molecular weight is 414 g/mol.